The Kier molecular flexibility index (Phi) is 5.73. The van der Waals surface area contributed by atoms with Gasteiger partial charge in [0.15, 0.2) is 0 Å². The molecule has 0 fully saturated rings. The van der Waals surface area contributed by atoms with Crippen molar-refractivity contribution in [3.63, 3.8) is 0 Å². The van der Waals surface area contributed by atoms with Crippen molar-refractivity contribution in [1.82, 2.24) is 0 Å². The van der Waals surface area contributed by atoms with E-state index in [4.69, 9.17) is 10.4 Å². The summed E-state index contributed by atoms with van der Waals surface area (Å²) in [5.74, 6) is -0.796. The van der Waals surface area contributed by atoms with Crippen LogP contribution in [-0.2, 0) is 9.68 Å². The van der Waals surface area contributed by atoms with Gasteiger partial charge in [0.25, 0.3) is 0 Å². The van der Waals surface area contributed by atoms with Crippen LogP contribution in [0.3, 0.4) is 0 Å². The fraction of sp³-hybridized carbons (Fsp3) is 0.833. The summed E-state index contributed by atoms with van der Waals surface area (Å²) in [5, 5.41) is 16.3. The van der Waals surface area contributed by atoms with E-state index in [1.807, 2.05) is 0 Å². The molecule has 0 saturated carbocycles. The molecule has 11 heavy (non-hydrogen) atoms. The van der Waals surface area contributed by atoms with Crippen LogP contribution in [-0.4, -0.2) is 22.6 Å². The predicted octanol–water partition coefficient (Wildman–Crippen LogP) is -0.311. The summed E-state index contributed by atoms with van der Waals surface area (Å²) >= 11 is 0. The molecule has 0 heterocycles. The second-order valence-corrected chi connectivity index (χ2v) is 2.37. The third kappa shape index (κ3) is 7.24. The fourth-order valence-electron chi connectivity index (χ4n) is 0.701. The van der Waals surface area contributed by atoms with Crippen molar-refractivity contribution in [1.29, 1.82) is 0 Å². The Labute approximate surface area is 64.7 Å². The number of rotatable bonds is 6. The summed E-state index contributed by atoms with van der Waals surface area (Å²) in [6.07, 6.45) is 1.62. The zero-order valence-corrected chi connectivity index (χ0v) is 6.32. The molecule has 0 saturated heterocycles. The van der Waals surface area contributed by atoms with Crippen molar-refractivity contribution in [2.24, 2.45) is 0 Å². The van der Waals surface area contributed by atoms with Gasteiger partial charge in [-0.3, -0.25) is 4.79 Å². The van der Waals surface area contributed by atoms with E-state index in [9.17, 15) is 4.79 Å². The van der Waals surface area contributed by atoms with Crippen LogP contribution >= 0.6 is 0 Å². The van der Waals surface area contributed by atoms with Gasteiger partial charge in [-0.2, -0.15) is 4.89 Å². The van der Waals surface area contributed by atoms with Gasteiger partial charge in [-0.25, -0.2) is 5.26 Å². The highest BCUT2D eigenvalue weighted by Crippen LogP contribution is 2.01. The lowest BCUT2D eigenvalue weighted by atomic mass is 10.2. The molecule has 1 atom stereocenters. The first-order valence-corrected chi connectivity index (χ1v) is 3.52. The number of unbranched alkanes of at least 4 members (excludes halogenated alkanes) is 1. The zero-order valence-electron chi connectivity index (χ0n) is 6.32. The van der Waals surface area contributed by atoms with Gasteiger partial charge in [0.2, 0.25) is 6.23 Å². The maximum Gasteiger partial charge on any atom is 0.303 e. The number of carboxylic acid groups (broad SMARTS) is 1. The Morgan fingerprint density at radius 3 is 2.64 bits per heavy atom. The Balaban J connectivity index is 3.08. The van der Waals surface area contributed by atoms with Crippen LogP contribution < -0.4 is 5.73 Å². The number of hydrogen-bond acceptors (Lipinski definition) is 3. The van der Waals surface area contributed by atoms with Crippen molar-refractivity contribution >= 4 is 5.97 Å². The van der Waals surface area contributed by atoms with Crippen LogP contribution in [0.4, 0.5) is 0 Å². The first kappa shape index (κ1) is 10.3. The van der Waals surface area contributed by atoms with Gasteiger partial charge in [-0.05, 0) is 12.8 Å². The lowest BCUT2D eigenvalue weighted by Gasteiger charge is -2.01. The van der Waals surface area contributed by atoms with Gasteiger partial charge in [-0.1, -0.05) is 0 Å². The number of carboxylic acids is 1. The first-order chi connectivity index (χ1) is 5.16. The molecule has 0 radical (unpaired) electrons. The van der Waals surface area contributed by atoms with Crippen LogP contribution in [0, 0.1) is 0 Å². The molecule has 0 aromatic rings. The Bertz CT molecular complexity index is 117. The highest BCUT2D eigenvalue weighted by atomic mass is 17.1. The smallest absolute Gasteiger partial charge is 0.303 e. The minimum atomic E-state index is -0.796. The molecule has 0 aliphatic heterocycles. The second kappa shape index (κ2) is 6.09. The van der Waals surface area contributed by atoms with Crippen molar-refractivity contribution in [3.05, 3.63) is 0 Å². The van der Waals surface area contributed by atoms with Crippen LogP contribution in [0.1, 0.15) is 25.7 Å². The molecule has 0 aromatic heterocycles. The minimum Gasteiger partial charge on any atom is -0.481 e. The van der Waals surface area contributed by atoms with Crippen LogP contribution in [0.15, 0.2) is 0 Å². The van der Waals surface area contributed by atoms with Gasteiger partial charge in [-0.15, -0.1) is 0 Å². The molecule has 0 spiro atoms. The number of quaternary nitrogens is 1. The summed E-state index contributed by atoms with van der Waals surface area (Å²) in [6.45, 7) is 0. The van der Waals surface area contributed by atoms with Gasteiger partial charge < -0.3 is 10.8 Å². The maximum absolute atomic E-state index is 10.0. The zero-order chi connectivity index (χ0) is 8.69. The molecule has 0 aliphatic rings. The monoisotopic (exact) mass is 164 g/mol. The minimum absolute atomic E-state index is 0.165. The van der Waals surface area contributed by atoms with E-state index in [2.05, 4.69) is 10.6 Å². The van der Waals surface area contributed by atoms with E-state index in [0.717, 1.165) is 0 Å². The van der Waals surface area contributed by atoms with Crippen molar-refractivity contribution in [3.8, 4) is 0 Å². The standard InChI is InChI=1S/C6H13NO4/c7-5(11-10)3-1-2-4-6(8)9/h5,10H,1-4,7H2,(H,8,9)/p+1. The lowest BCUT2D eigenvalue weighted by Crippen LogP contribution is -2.61. The maximum atomic E-state index is 10.0. The van der Waals surface area contributed by atoms with Crippen molar-refractivity contribution in [2.75, 3.05) is 0 Å². The van der Waals surface area contributed by atoms with Crippen LogP contribution in [0.2, 0.25) is 0 Å². The van der Waals surface area contributed by atoms with E-state index < -0.39 is 12.2 Å². The molecule has 5 nitrogen and oxygen atoms in total. The summed E-state index contributed by atoms with van der Waals surface area (Å²) in [5.41, 5.74) is 3.45. The third-order valence-electron chi connectivity index (χ3n) is 1.32. The van der Waals surface area contributed by atoms with Gasteiger partial charge in [0, 0.05) is 12.8 Å². The largest absolute Gasteiger partial charge is 0.481 e. The highest BCUT2D eigenvalue weighted by Gasteiger charge is 2.04. The number of aliphatic carboxylic acids is 1. The van der Waals surface area contributed by atoms with E-state index in [1.54, 1.807) is 0 Å². The van der Waals surface area contributed by atoms with Gasteiger partial charge in [0.05, 0.1) is 0 Å². The average Bonchev–Trinajstić information content (AvgIpc) is 1.97. The summed E-state index contributed by atoms with van der Waals surface area (Å²) in [7, 11) is 0. The molecular formula is C6H14NO4+. The normalized spacial score (nSPS) is 12.9. The molecule has 0 aliphatic carbocycles. The van der Waals surface area contributed by atoms with Gasteiger partial charge >= 0.3 is 5.97 Å². The SMILES string of the molecule is [NH3+]C(CCCCC(=O)O)OO. The molecule has 0 aromatic carbocycles. The van der Waals surface area contributed by atoms with E-state index in [0.29, 0.717) is 19.3 Å². The van der Waals surface area contributed by atoms with E-state index >= 15 is 0 Å². The summed E-state index contributed by atoms with van der Waals surface area (Å²) in [4.78, 5) is 13.9. The number of carbonyl (C=O) groups is 1. The second-order valence-electron chi connectivity index (χ2n) is 2.37. The summed E-state index contributed by atoms with van der Waals surface area (Å²) < 4.78 is 0. The first-order valence-electron chi connectivity index (χ1n) is 3.52. The Morgan fingerprint density at radius 2 is 2.18 bits per heavy atom. The Hall–Kier alpha value is -0.650. The molecule has 5 N–H and O–H groups in total. The molecule has 0 rings (SSSR count). The van der Waals surface area contributed by atoms with Gasteiger partial charge in [0.1, 0.15) is 0 Å². The van der Waals surface area contributed by atoms with Crippen LogP contribution in [0.25, 0.3) is 0 Å². The fourth-order valence-corrected chi connectivity index (χ4v) is 0.701. The third-order valence-corrected chi connectivity index (χ3v) is 1.32. The molecule has 5 heteroatoms. The topological polar surface area (TPSA) is 94.4 Å². The highest BCUT2D eigenvalue weighted by molar-refractivity contribution is 5.66. The Morgan fingerprint density at radius 1 is 1.55 bits per heavy atom. The van der Waals surface area contributed by atoms with E-state index in [-0.39, 0.29) is 6.42 Å². The summed E-state index contributed by atoms with van der Waals surface area (Å²) in [6, 6.07) is 0. The van der Waals surface area contributed by atoms with Crippen LogP contribution in [0.5, 0.6) is 0 Å². The predicted molar refractivity (Wildman–Crippen MR) is 36.5 cm³/mol. The number of hydrogen-bond donors (Lipinski definition) is 3. The quantitative estimate of drug-likeness (QED) is 0.217. The van der Waals surface area contributed by atoms with E-state index in [1.165, 1.54) is 0 Å². The molecule has 1 unspecified atom stereocenters. The van der Waals surface area contributed by atoms with Crippen molar-refractivity contribution in [2.45, 2.75) is 31.9 Å². The lowest BCUT2D eigenvalue weighted by molar-refractivity contribution is -0.551. The average molecular weight is 164 g/mol. The molecular weight excluding hydrogens is 150 g/mol. The molecule has 0 bridgehead atoms. The van der Waals surface area contributed by atoms with Crippen molar-refractivity contribution < 1.29 is 25.8 Å². The molecule has 0 amide bonds. The molecule has 66 valence electrons.